The van der Waals surface area contributed by atoms with Gasteiger partial charge in [-0.05, 0) is 6.07 Å². The van der Waals surface area contributed by atoms with Crippen molar-refractivity contribution in [2.75, 3.05) is 40.5 Å². The highest BCUT2D eigenvalue weighted by atomic mass is 16.5. The second kappa shape index (κ2) is 8.77. The highest BCUT2D eigenvalue weighted by Crippen LogP contribution is 2.21. The molecule has 0 aromatic carbocycles. The second-order valence-electron chi connectivity index (χ2n) is 6.09. The fourth-order valence-corrected chi connectivity index (χ4v) is 2.82. The van der Waals surface area contributed by atoms with Gasteiger partial charge in [0, 0.05) is 45.9 Å². The summed E-state index contributed by atoms with van der Waals surface area (Å²) in [6, 6.07) is 4.88. The smallest absolute Gasteiger partial charge is 0.250 e. The molecule has 25 heavy (non-hydrogen) atoms. The average Bonchev–Trinajstić information content (AvgIpc) is 2.84. The van der Waals surface area contributed by atoms with Crippen LogP contribution in [0.1, 0.15) is 12.8 Å². The van der Waals surface area contributed by atoms with Crippen LogP contribution in [0.5, 0.6) is 0 Å². The summed E-state index contributed by atoms with van der Waals surface area (Å²) in [5.74, 6) is -0.268. The van der Waals surface area contributed by atoms with Gasteiger partial charge in [0.1, 0.15) is 5.60 Å². The largest absolute Gasteiger partial charge is 0.377 e. The van der Waals surface area contributed by atoms with Gasteiger partial charge < -0.3 is 24.3 Å². The Morgan fingerprint density at radius 1 is 1.40 bits per heavy atom. The summed E-state index contributed by atoms with van der Waals surface area (Å²) in [5.41, 5.74) is -1.00. The normalized spacial score (nSPS) is 20.8. The number of methoxy groups -OCH3 is 1. The standard InChI is InChI=1S/C17H25N3O5/c1-18-14(21)11-17(24-2)12-20(9-10-25-13-17)16(23)6-8-19-7-4-3-5-15(19)22/h3-5,7H,6,8-13H2,1-2H3,(H,18,21)/t17-/m1/s1. The Morgan fingerprint density at radius 3 is 2.88 bits per heavy atom. The second-order valence-corrected chi connectivity index (χ2v) is 6.09. The zero-order valence-corrected chi connectivity index (χ0v) is 14.7. The Labute approximate surface area is 146 Å². The van der Waals surface area contributed by atoms with Crippen LogP contribution < -0.4 is 10.9 Å². The number of rotatable bonds is 6. The Morgan fingerprint density at radius 2 is 2.20 bits per heavy atom. The first-order valence-corrected chi connectivity index (χ1v) is 8.26. The minimum Gasteiger partial charge on any atom is -0.377 e. The average molecular weight is 351 g/mol. The van der Waals surface area contributed by atoms with Gasteiger partial charge in [-0.2, -0.15) is 0 Å². The van der Waals surface area contributed by atoms with E-state index in [4.69, 9.17) is 9.47 Å². The highest BCUT2D eigenvalue weighted by Gasteiger charge is 2.38. The third-order valence-electron chi connectivity index (χ3n) is 4.36. The molecule has 2 amide bonds. The molecule has 2 heterocycles. The van der Waals surface area contributed by atoms with Gasteiger partial charge in [-0.3, -0.25) is 14.4 Å². The predicted molar refractivity (Wildman–Crippen MR) is 91.1 cm³/mol. The SMILES string of the molecule is CNC(=O)C[C@]1(OC)COCCN(C(=O)CCn2ccccc2=O)C1. The summed E-state index contributed by atoms with van der Waals surface area (Å²) >= 11 is 0. The maximum Gasteiger partial charge on any atom is 0.250 e. The van der Waals surface area contributed by atoms with Gasteiger partial charge in [-0.25, -0.2) is 0 Å². The summed E-state index contributed by atoms with van der Waals surface area (Å²) in [4.78, 5) is 37.8. The molecule has 1 N–H and O–H groups in total. The van der Waals surface area contributed by atoms with Crippen molar-refractivity contribution in [3.63, 3.8) is 0 Å². The number of hydrogen-bond donors (Lipinski definition) is 1. The maximum absolute atomic E-state index is 12.6. The van der Waals surface area contributed by atoms with Crippen LogP contribution in [-0.2, 0) is 25.6 Å². The van der Waals surface area contributed by atoms with E-state index in [1.807, 2.05) is 0 Å². The molecule has 8 nitrogen and oxygen atoms in total. The van der Waals surface area contributed by atoms with Gasteiger partial charge in [-0.15, -0.1) is 0 Å². The quantitative estimate of drug-likeness (QED) is 0.754. The minimum atomic E-state index is -0.865. The summed E-state index contributed by atoms with van der Waals surface area (Å²) in [7, 11) is 3.08. The molecule has 8 heteroatoms. The van der Waals surface area contributed by atoms with Gasteiger partial charge in [-0.1, -0.05) is 6.07 Å². The summed E-state index contributed by atoms with van der Waals surface area (Å²) in [6.07, 6.45) is 1.97. The Kier molecular flexibility index (Phi) is 6.72. The molecule has 0 unspecified atom stereocenters. The van der Waals surface area contributed by atoms with Crippen molar-refractivity contribution >= 4 is 11.8 Å². The number of nitrogens with one attached hydrogen (secondary N) is 1. The molecule has 1 saturated heterocycles. The lowest BCUT2D eigenvalue weighted by molar-refractivity contribution is -0.140. The van der Waals surface area contributed by atoms with E-state index in [1.54, 1.807) is 30.3 Å². The molecule has 1 aliphatic heterocycles. The van der Waals surface area contributed by atoms with E-state index in [9.17, 15) is 14.4 Å². The Balaban J connectivity index is 2.03. The molecule has 2 rings (SSSR count). The third-order valence-corrected chi connectivity index (χ3v) is 4.36. The molecular formula is C17H25N3O5. The number of aromatic nitrogens is 1. The molecule has 0 saturated carbocycles. The number of nitrogens with zero attached hydrogens (tertiary/aromatic N) is 2. The van der Waals surface area contributed by atoms with Gasteiger partial charge >= 0.3 is 0 Å². The monoisotopic (exact) mass is 351 g/mol. The van der Waals surface area contributed by atoms with Crippen molar-refractivity contribution < 1.29 is 19.1 Å². The van der Waals surface area contributed by atoms with Gasteiger partial charge in [0.25, 0.3) is 5.56 Å². The van der Waals surface area contributed by atoms with Crippen LogP contribution in [0.2, 0.25) is 0 Å². The van der Waals surface area contributed by atoms with Crippen molar-refractivity contribution in [3.8, 4) is 0 Å². The fourth-order valence-electron chi connectivity index (χ4n) is 2.82. The first-order chi connectivity index (χ1) is 12.0. The molecule has 1 fully saturated rings. The fraction of sp³-hybridized carbons (Fsp3) is 0.588. The van der Waals surface area contributed by atoms with Crippen LogP contribution >= 0.6 is 0 Å². The molecule has 0 radical (unpaired) electrons. The van der Waals surface area contributed by atoms with Crippen LogP contribution in [0.3, 0.4) is 0 Å². The lowest BCUT2D eigenvalue weighted by Gasteiger charge is -2.33. The summed E-state index contributed by atoms with van der Waals surface area (Å²) < 4.78 is 12.6. The number of ether oxygens (including phenoxy) is 2. The number of carbonyl (C=O) groups is 2. The van der Waals surface area contributed by atoms with Gasteiger partial charge in [0.15, 0.2) is 0 Å². The molecule has 1 aromatic rings. The molecule has 1 aliphatic rings. The van der Waals surface area contributed by atoms with E-state index < -0.39 is 5.60 Å². The molecular weight excluding hydrogens is 326 g/mol. The lowest BCUT2D eigenvalue weighted by Crippen LogP contribution is -2.50. The molecule has 0 bridgehead atoms. The number of aryl methyl sites for hydroxylation is 1. The molecule has 0 aliphatic carbocycles. The third kappa shape index (κ3) is 5.14. The zero-order valence-electron chi connectivity index (χ0n) is 14.7. The number of amides is 2. The van der Waals surface area contributed by atoms with Crippen molar-refractivity contribution in [2.45, 2.75) is 25.0 Å². The van der Waals surface area contributed by atoms with E-state index >= 15 is 0 Å². The Hall–Kier alpha value is -2.19. The minimum absolute atomic E-state index is 0.0976. The van der Waals surface area contributed by atoms with Crippen LogP contribution in [0.25, 0.3) is 0 Å². The van der Waals surface area contributed by atoms with E-state index in [0.29, 0.717) is 19.7 Å². The van der Waals surface area contributed by atoms with E-state index in [2.05, 4.69) is 5.32 Å². The first kappa shape index (κ1) is 19.1. The zero-order chi connectivity index (χ0) is 18.3. The molecule has 1 aromatic heterocycles. The molecule has 138 valence electrons. The summed E-state index contributed by atoms with van der Waals surface area (Å²) in [6.45, 7) is 1.65. The predicted octanol–water partition coefficient (Wildman–Crippen LogP) is -0.381. The highest BCUT2D eigenvalue weighted by molar-refractivity contribution is 5.78. The first-order valence-electron chi connectivity index (χ1n) is 8.26. The Bertz CT molecular complexity index is 660. The lowest BCUT2D eigenvalue weighted by atomic mass is 9.99. The topological polar surface area (TPSA) is 89.9 Å². The van der Waals surface area contributed by atoms with Crippen molar-refractivity contribution in [3.05, 3.63) is 34.7 Å². The van der Waals surface area contributed by atoms with Crippen molar-refractivity contribution in [2.24, 2.45) is 0 Å². The molecule has 1 atom stereocenters. The van der Waals surface area contributed by atoms with Crippen molar-refractivity contribution in [1.82, 2.24) is 14.8 Å². The van der Waals surface area contributed by atoms with E-state index in [-0.39, 0.29) is 43.4 Å². The van der Waals surface area contributed by atoms with Crippen LogP contribution in [0.15, 0.2) is 29.2 Å². The van der Waals surface area contributed by atoms with E-state index in [1.165, 1.54) is 17.7 Å². The van der Waals surface area contributed by atoms with Crippen molar-refractivity contribution in [1.29, 1.82) is 0 Å². The van der Waals surface area contributed by atoms with Crippen LogP contribution in [0.4, 0.5) is 0 Å². The van der Waals surface area contributed by atoms with E-state index in [0.717, 1.165) is 0 Å². The van der Waals surface area contributed by atoms with Gasteiger partial charge in [0.2, 0.25) is 11.8 Å². The van der Waals surface area contributed by atoms with Crippen LogP contribution in [0, 0.1) is 0 Å². The maximum atomic E-state index is 12.6. The summed E-state index contributed by atoms with van der Waals surface area (Å²) in [5, 5.41) is 2.57. The number of hydrogen-bond acceptors (Lipinski definition) is 5. The number of pyridine rings is 1. The number of carbonyl (C=O) groups excluding carboxylic acids is 2. The molecule has 0 spiro atoms. The van der Waals surface area contributed by atoms with Gasteiger partial charge in [0.05, 0.1) is 26.2 Å². The van der Waals surface area contributed by atoms with Crippen LogP contribution in [-0.4, -0.2) is 67.3 Å².